The zero-order chi connectivity index (χ0) is 34.5. The summed E-state index contributed by atoms with van der Waals surface area (Å²) in [5.74, 6) is 0.957. The van der Waals surface area contributed by atoms with Crippen molar-refractivity contribution in [3.05, 3.63) is 132 Å². The fourth-order valence-corrected chi connectivity index (χ4v) is 6.53. The monoisotopic (exact) mass is 672 g/mol. The first-order valence-electron chi connectivity index (χ1n) is 17.3. The second kappa shape index (κ2) is 14.6. The molecule has 50 heavy (non-hydrogen) atoms. The van der Waals surface area contributed by atoms with E-state index in [1.165, 1.54) is 5.69 Å². The number of benzene rings is 3. The summed E-state index contributed by atoms with van der Waals surface area (Å²) in [5, 5.41) is 13.0. The van der Waals surface area contributed by atoms with Crippen molar-refractivity contribution in [2.75, 3.05) is 49.2 Å². The van der Waals surface area contributed by atoms with E-state index >= 15 is 0 Å². The highest BCUT2D eigenvalue weighted by atomic mass is 16.5. The summed E-state index contributed by atoms with van der Waals surface area (Å²) >= 11 is 0. The van der Waals surface area contributed by atoms with Crippen molar-refractivity contribution in [1.29, 1.82) is 0 Å². The maximum atomic E-state index is 12.8. The molecule has 5 aromatic rings. The van der Waals surface area contributed by atoms with Crippen molar-refractivity contribution < 1.29 is 9.47 Å². The summed E-state index contributed by atoms with van der Waals surface area (Å²) in [6, 6.07) is 24.9. The molecule has 2 aromatic heterocycles. The lowest BCUT2D eigenvalue weighted by atomic mass is 9.88. The average molecular weight is 673 g/mol. The van der Waals surface area contributed by atoms with Crippen LogP contribution >= 0.6 is 0 Å². The Balaban J connectivity index is 0.917. The highest BCUT2D eigenvalue weighted by Crippen LogP contribution is 2.34. The molecule has 258 valence electrons. The van der Waals surface area contributed by atoms with Crippen molar-refractivity contribution in [2.24, 2.45) is 5.92 Å². The quantitative estimate of drug-likeness (QED) is 0.155. The van der Waals surface area contributed by atoms with Crippen molar-refractivity contribution in [2.45, 2.75) is 38.5 Å². The topological polar surface area (TPSA) is 95.5 Å². The molecule has 0 N–H and O–H groups in total. The van der Waals surface area contributed by atoms with Crippen molar-refractivity contribution >= 4 is 17.5 Å². The van der Waals surface area contributed by atoms with Gasteiger partial charge in [-0.15, -0.1) is 0 Å². The lowest BCUT2D eigenvalue weighted by Gasteiger charge is -2.37. The normalized spacial score (nSPS) is 19.8. The molecule has 0 saturated carbocycles. The zero-order valence-corrected chi connectivity index (χ0v) is 28.7. The van der Waals surface area contributed by atoms with Crippen LogP contribution in [0.5, 0.6) is 5.75 Å². The summed E-state index contributed by atoms with van der Waals surface area (Å²) in [6.07, 6.45) is 12.0. The minimum atomic E-state index is -0.664. The minimum absolute atomic E-state index is 0.0731. The van der Waals surface area contributed by atoms with Crippen LogP contribution in [0.2, 0.25) is 0 Å². The third-order valence-electron chi connectivity index (χ3n) is 9.81. The molecule has 1 fully saturated rings. The third-order valence-corrected chi connectivity index (χ3v) is 9.81. The molecule has 1 saturated heterocycles. The number of nitrogens with zero attached hydrogens (tertiary/aromatic N) is 8. The Hall–Kier alpha value is -5.42. The van der Waals surface area contributed by atoms with E-state index in [4.69, 9.17) is 9.47 Å². The largest absolute Gasteiger partial charge is 0.493 e. The van der Waals surface area contributed by atoms with Gasteiger partial charge in [-0.05, 0) is 79.1 Å². The van der Waals surface area contributed by atoms with Gasteiger partial charge in [0.2, 0.25) is 0 Å². The van der Waals surface area contributed by atoms with Crippen LogP contribution < -0.4 is 20.2 Å². The van der Waals surface area contributed by atoms with Gasteiger partial charge in [-0.25, -0.2) is 14.0 Å². The van der Waals surface area contributed by atoms with Gasteiger partial charge in [0.25, 0.3) is 0 Å². The van der Waals surface area contributed by atoms with Crippen LogP contribution in [0.1, 0.15) is 37.4 Å². The number of hydrogen-bond acceptors (Lipinski definition) is 8. The Morgan fingerprint density at radius 3 is 2.10 bits per heavy atom. The summed E-state index contributed by atoms with van der Waals surface area (Å²) in [7, 11) is 0. The van der Waals surface area contributed by atoms with Crippen molar-refractivity contribution in [3.8, 4) is 11.4 Å². The van der Waals surface area contributed by atoms with Gasteiger partial charge in [0.1, 0.15) is 17.7 Å². The molecule has 11 nitrogen and oxygen atoms in total. The fourth-order valence-electron chi connectivity index (χ4n) is 6.53. The first-order chi connectivity index (χ1) is 24.4. The van der Waals surface area contributed by atoms with Crippen LogP contribution in [-0.4, -0.2) is 68.7 Å². The molecule has 0 spiro atoms. The molecule has 2 aliphatic rings. The zero-order valence-electron chi connectivity index (χ0n) is 28.7. The molecule has 3 atom stereocenters. The molecular formula is C39H44N8O3. The maximum Gasteiger partial charge on any atom is 0.350 e. The van der Waals surface area contributed by atoms with Gasteiger partial charge >= 0.3 is 5.69 Å². The van der Waals surface area contributed by atoms with E-state index in [0.717, 1.165) is 60.9 Å². The van der Waals surface area contributed by atoms with Gasteiger partial charge < -0.3 is 19.3 Å². The molecule has 4 heterocycles. The number of ether oxygens (including phenoxy) is 2. The Labute approximate surface area is 292 Å². The van der Waals surface area contributed by atoms with Crippen LogP contribution in [0, 0.1) is 5.92 Å². The maximum absolute atomic E-state index is 12.8. The molecule has 0 bridgehead atoms. The minimum Gasteiger partial charge on any atom is -0.493 e. The Morgan fingerprint density at radius 1 is 0.900 bits per heavy atom. The van der Waals surface area contributed by atoms with Gasteiger partial charge in [-0.1, -0.05) is 49.9 Å². The van der Waals surface area contributed by atoms with Gasteiger partial charge in [-0.2, -0.15) is 20.1 Å². The van der Waals surface area contributed by atoms with Gasteiger partial charge in [0.15, 0.2) is 0 Å². The van der Waals surface area contributed by atoms with Crippen LogP contribution in [0.15, 0.2) is 115 Å². The molecule has 0 radical (unpaired) electrons. The van der Waals surface area contributed by atoms with Crippen molar-refractivity contribution in [3.63, 3.8) is 0 Å². The molecule has 0 aliphatic carbocycles. The van der Waals surface area contributed by atoms with E-state index in [-0.39, 0.29) is 17.6 Å². The lowest BCUT2D eigenvalue weighted by molar-refractivity contribution is -0.0560. The number of anilines is 2. The highest BCUT2D eigenvalue weighted by Gasteiger charge is 2.36. The van der Waals surface area contributed by atoms with Gasteiger partial charge in [0.05, 0.1) is 43.9 Å². The Morgan fingerprint density at radius 2 is 1.52 bits per heavy atom. The number of rotatable bonds is 12. The predicted octanol–water partition coefficient (Wildman–Crippen LogP) is 5.74. The van der Waals surface area contributed by atoms with E-state index in [0.29, 0.717) is 19.8 Å². The predicted molar refractivity (Wildman–Crippen MR) is 196 cm³/mol. The Bertz CT molecular complexity index is 1940. The Kier molecular flexibility index (Phi) is 9.66. The molecular weight excluding hydrogens is 628 g/mol. The highest BCUT2D eigenvalue weighted by molar-refractivity contribution is 5.55. The number of piperazine rings is 1. The molecule has 0 amide bonds. The SMILES string of the molecule is C=Cc1ccc(C2(Cn3nccn3)C=CC(COc3ccc(N4CCN(c5ccc(-n6cnn(C(C)CC)c6=O)cc5)CC4)cc3)CO2)cc1. The molecule has 3 aromatic carbocycles. The number of hydrogen-bond donors (Lipinski definition) is 0. The van der Waals surface area contributed by atoms with Gasteiger partial charge in [-0.3, -0.25) is 0 Å². The molecule has 3 unspecified atom stereocenters. The lowest BCUT2D eigenvalue weighted by Crippen LogP contribution is -2.46. The standard InChI is InChI=1S/C39H44N8O3/c1-4-30(3)47-38(48)45(29-42-47)36-12-10-34(11-13-36)43-22-24-44(25-23-43)35-14-16-37(17-15-35)49-26-32-18-19-39(50-27-32,28-46-40-20-21-41-46)33-8-6-31(5-2)7-9-33/h5-21,29-30,32H,2,4,22-28H2,1,3H3. The summed E-state index contributed by atoms with van der Waals surface area (Å²) in [4.78, 5) is 19.3. The summed E-state index contributed by atoms with van der Waals surface area (Å²) in [6.45, 7) is 13.1. The first-order valence-corrected chi connectivity index (χ1v) is 17.3. The van der Waals surface area contributed by atoms with E-state index in [2.05, 4.69) is 87.1 Å². The summed E-state index contributed by atoms with van der Waals surface area (Å²) in [5.41, 5.74) is 4.50. The van der Waals surface area contributed by atoms with E-state index in [1.54, 1.807) is 32.8 Å². The summed E-state index contributed by atoms with van der Waals surface area (Å²) < 4.78 is 15.9. The number of aromatic nitrogens is 6. The van der Waals surface area contributed by atoms with E-state index in [1.807, 2.05) is 49.4 Å². The van der Waals surface area contributed by atoms with Crippen LogP contribution in [0.3, 0.4) is 0 Å². The first kappa shape index (κ1) is 33.1. The van der Waals surface area contributed by atoms with Crippen LogP contribution in [0.25, 0.3) is 11.8 Å². The third kappa shape index (κ3) is 7.00. The second-order valence-electron chi connectivity index (χ2n) is 13.0. The van der Waals surface area contributed by atoms with Crippen LogP contribution in [0.4, 0.5) is 11.4 Å². The molecule has 7 rings (SSSR count). The van der Waals surface area contributed by atoms with Gasteiger partial charge in [0, 0.05) is 43.5 Å². The smallest absolute Gasteiger partial charge is 0.350 e. The fraction of sp³-hybridized carbons (Fsp3) is 0.333. The van der Waals surface area contributed by atoms with Crippen molar-refractivity contribution in [1.82, 2.24) is 29.3 Å². The van der Waals surface area contributed by atoms with Crippen LogP contribution in [-0.2, 0) is 16.9 Å². The van der Waals surface area contributed by atoms with E-state index < -0.39 is 5.60 Å². The molecule has 2 aliphatic heterocycles. The average Bonchev–Trinajstić information content (AvgIpc) is 3.84. The second-order valence-corrected chi connectivity index (χ2v) is 13.0. The molecule has 11 heteroatoms. The van der Waals surface area contributed by atoms with E-state index in [9.17, 15) is 4.79 Å².